The molecule has 1 aromatic heterocycles. The molecule has 0 bridgehead atoms. The number of carbonyl (C=O) groups is 2. The van der Waals surface area contributed by atoms with Gasteiger partial charge in [-0.25, -0.2) is 0 Å². The van der Waals surface area contributed by atoms with Crippen molar-refractivity contribution in [3.8, 4) is 0 Å². The van der Waals surface area contributed by atoms with Crippen LogP contribution in [0.5, 0.6) is 0 Å². The molecule has 2 heterocycles. The van der Waals surface area contributed by atoms with Gasteiger partial charge < -0.3 is 10.2 Å². The van der Waals surface area contributed by atoms with Crippen molar-refractivity contribution in [3.05, 3.63) is 52.4 Å². The molecule has 0 saturated carbocycles. The first-order chi connectivity index (χ1) is 12.8. The zero-order chi connectivity index (χ0) is 19.6. The number of nitrogens with one attached hydrogen (secondary N) is 1. The van der Waals surface area contributed by atoms with E-state index in [1.165, 1.54) is 16.9 Å². The minimum Gasteiger partial charge on any atom is -0.335 e. The minimum absolute atomic E-state index is 0.0362. The number of rotatable bonds is 4. The summed E-state index contributed by atoms with van der Waals surface area (Å²) in [6.07, 6.45) is 2.98. The molecule has 27 heavy (non-hydrogen) atoms. The van der Waals surface area contributed by atoms with Crippen LogP contribution in [0.25, 0.3) is 0 Å². The third-order valence-electron chi connectivity index (χ3n) is 4.98. The zero-order valence-electron chi connectivity index (χ0n) is 16.5. The highest BCUT2D eigenvalue weighted by atomic mass is 32.1. The highest BCUT2D eigenvalue weighted by Gasteiger charge is 2.31. The van der Waals surface area contributed by atoms with Crippen LogP contribution in [0, 0.1) is 12.3 Å². The van der Waals surface area contributed by atoms with E-state index in [1.54, 1.807) is 0 Å². The first-order valence-corrected chi connectivity index (χ1v) is 10.3. The summed E-state index contributed by atoms with van der Waals surface area (Å²) in [4.78, 5) is 28.2. The fourth-order valence-corrected chi connectivity index (χ4v) is 4.41. The van der Waals surface area contributed by atoms with Crippen molar-refractivity contribution >= 4 is 28.2 Å². The number of thiophene rings is 1. The van der Waals surface area contributed by atoms with Crippen LogP contribution in [0.1, 0.15) is 54.4 Å². The van der Waals surface area contributed by atoms with E-state index < -0.39 is 5.41 Å². The van der Waals surface area contributed by atoms with E-state index in [0.717, 1.165) is 41.2 Å². The maximum absolute atomic E-state index is 13.2. The van der Waals surface area contributed by atoms with Gasteiger partial charge in [0, 0.05) is 18.0 Å². The number of aryl methyl sites for hydroxylation is 1. The summed E-state index contributed by atoms with van der Waals surface area (Å²) in [6.45, 7) is 8.39. The lowest BCUT2D eigenvalue weighted by Crippen LogP contribution is -2.36. The van der Waals surface area contributed by atoms with Gasteiger partial charge in [0.15, 0.2) is 0 Å². The number of amides is 2. The molecule has 0 spiro atoms. The lowest BCUT2D eigenvalue weighted by Gasteiger charge is -2.24. The predicted octanol–water partition coefficient (Wildman–Crippen LogP) is 4.89. The van der Waals surface area contributed by atoms with Crippen LogP contribution in [-0.2, 0) is 11.2 Å². The molecular weight excluding hydrogens is 356 g/mol. The SMILES string of the molecule is Cc1cc(NC(=O)C(C)(C)C)sc1C(=O)N1CCCC1Cc1ccccc1. The second kappa shape index (κ2) is 7.85. The molecule has 144 valence electrons. The number of nitrogens with zero attached hydrogens (tertiary/aromatic N) is 1. The highest BCUT2D eigenvalue weighted by molar-refractivity contribution is 7.18. The zero-order valence-corrected chi connectivity index (χ0v) is 17.4. The van der Waals surface area contributed by atoms with Gasteiger partial charge in [0.25, 0.3) is 5.91 Å². The van der Waals surface area contributed by atoms with Crippen molar-refractivity contribution in [1.29, 1.82) is 0 Å². The molecule has 1 unspecified atom stereocenters. The molecule has 4 nitrogen and oxygen atoms in total. The summed E-state index contributed by atoms with van der Waals surface area (Å²) in [5, 5.41) is 3.69. The normalized spacial score (nSPS) is 17.2. The number of hydrogen-bond acceptors (Lipinski definition) is 3. The Morgan fingerprint density at radius 3 is 2.59 bits per heavy atom. The van der Waals surface area contributed by atoms with E-state index in [1.807, 2.05) is 56.9 Å². The highest BCUT2D eigenvalue weighted by Crippen LogP contribution is 2.32. The third kappa shape index (κ3) is 4.59. The van der Waals surface area contributed by atoms with Gasteiger partial charge in [0.05, 0.1) is 9.88 Å². The van der Waals surface area contributed by atoms with Crippen LogP contribution >= 0.6 is 11.3 Å². The molecule has 1 fully saturated rings. The molecule has 0 radical (unpaired) electrons. The summed E-state index contributed by atoms with van der Waals surface area (Å²) in [5.74, 6) is 0.0538. The number of anilines is 1. The van der Waals surface area contributed by atoms with Crippen LogP contribution in [-0.4, -0.2) is 29.3 Å². The number of carbonyl (C=O) groups excluding carboxylic acids is 2. The van der Waals surface area contributed by atoms with Crippen LogP contribution < -0.4 is 5.32 Å². The third-order valence-corrected chi connectivity index (χ3v) is 6.12. The standard InChI is InChI=1S/C22H28N2O2S/c1-15-13-18(23-21(26)22(2,3)4)27-19(15)20(25)24-12-8-11-17(24)14-16-9-6-5-7-10-16/h5-7,9-10,13,17H,8,11-12,14H2,1-4H3,(H,23,26). The first kappa shape index (κ1) is 19.6. The van der Waals surface area contributed by atoms with Gasteiger partial charge in [-0.05, 0) is 43.4 Å². The molecule has 3 rings (SSSR count). The van der Waals surface area contributed by atoms with E-state index in [-0.39, 0.29) is 17.9 Å². The Kier molecular flexibility index (Phi) is 5.70. The van der Waals surface area contributed by atoms with Crippen molar-refractivity contribution in [2.45, 2.75) is 53.0 Å². The first-order valence-electron chi connectivity index (χ1n) is 9.52. The van der Waals surface area contributed by atoms with E-state index >= 15 is 0 Å². The van der Waals surface area contributed by atoms with Gasteiger partial charge in [0.1, 0.15) is 0 Å². The van der Waals surface area contributed by atoms with Gasteiger partial charge in [-0.3, -0.25) is 9.59 Å². The average Bonchev–Trinajstić information content (AvgIpc) is 3.21. The van der Waals surface area contributed by atoms with E-state index in [2.05, 4.69) is 17.4 Å². The largest absolute Gasteiger partial charge is 0.335 e. The van der Waals surface area contributed by atoms with Crippen molar-refractivity contribution in [2.75, 3.05) is 11.9 Å². The molecule has 2 amide bonds. The number of benzene rings is 1. The summed E-state index contributed by atoms with van der Waals surface area (Å²) in [5.41, 5.74) is 1.74. The monoisotopic (exact) mass is 384 g/mol. The number of likely N-dealkylation sites (tertiary alicyclic amines) is 1. The van der Waals surface area contributed by atoms with E-state index in [0.29, 0.717) is 0 Å². The molecule has 2 aromatic rings. The fraction of sp³-hybridized carbons (Fsp3) is 0.455. The van der Waals surface area contributed by atoms with Crippen LogP contribution in [0.2, 0.25) is 0 Å². The summed E-state index contributed by atoms with van der Waals surface area (Å²) >= 11 is 1.38. The minimum atomic E-state index is -0.461. The van der Waals surface area contributed by atoms with E-state index in [4.69, 9.17) is 0 Å². The molecular formula is C22H28N2O2S. The molecule has 1 aliphatic heterocycles. The van der Waals surface area contributed by atoms with Gasteiger partial charge in [-0.1, -0.05) is 51.1 Å². The summed E-state index contributed by atoms with van der Waals surface area (Å²) in [6, 6.07) is 12.5. The van der Waals surface area contributed by atoms with Crippen LogP contribution in [0.4, 0.5) is 5.00 Å². The molecule has 5 heteroatoms. The Hall–Kier alpha value is -2.14. The maximum atomic E-state index is 13.2. The van der Waals surface area contributed by atoms with Gasteiger partial charge in [0.2, 0.25) is 5.91 Å². The fourth-order valence-electron chi connectivity index (χ4n) is 3.39. The number of hydrogen-bond donors (Lipinski definition) is 1. The van der Waals surface area contributed by atoms with E-state index in [9.17, 15) is 9.59 Å². The Bertz CT molecular complexity index is 821. The Labute approximate surface area is 165 Å². The Balaban J connectivity index is 1.74. The lowest BCUT2D eigenvalue weighted by atomic mass is 9.96. The van der Waals surface area contributed by atoms with Crippen molar-refractivity contribution in [1.82, 2.24) is 4.90 Å². The van der Waals surface area contributed by atoms with Crippen molar-refractivity contribution < 1.29 is 9.59 Å². The molecule has 1 aliphatic rings. The second-order valence-corrected chi connectivity index (χ2v) is 9.36. The molecule has 1 saturated heterocycles. The topological polar surface area (TPSA) is 49.4 Å². The van der Waals surface area contributed by atoms with Crippen molar-refractivity contribution in [2.24, 2.45) is 5.41 Å². The maximum Gasteiger partial charge on any atom is 0.264 e. The second-order valence-electron chi connectivity index (χ2n) is 8.31. The average molecular weight is 385 g/mol. The summed E-state index contributed by atoms with van der Waals surface area (Å²) < 4.78 is 0. The van der Waals surface area contributed by atoms with Gasteiger partial charge in [-0.15, -0.1) is 11.3 Å². The van der Waals surface area contributed by atoms with Crippen LogP contribution in [0.3, 0.4) is 0 Å². The molecule has 1 aromatic carbocycles. The quantitative estimate of drug-likeness (QED) is 0.816. The Morgan fingerprint density at radius 2 is 1.93 bits per heavy atom. The lowest BCUT2D eigenvalue weighted by molar-refractivity contribution is -0.123. The van der Waals surface area contributed by atoms with Gasteiger partial charge >= 0.3 is 0 Å². The molecule has 0 aliphatic carbocycles. The smallest absolute Gasteiger partial charge is 0.264 e. The predicted molar refractivity (Wildman–Crippen MR) is 111 cm³/mol. The summed E-state index contributed by atoms with van der Waals surface area (Å²) in [7, 11) is 0. The van der Waals surface area contributed by atoms with Gasteiger partial charge in [-0.2, -0.15) is 0 Å². The molecule has 1 N–H and O–H groups in total. The van der Waals surface area contributed by atoms with Crippen molar-refractivity contribution in [3.63, 3.8) is 0 Å². The molecule has 1 atom stereocenters. The Morgan fingerprint density at radius 1 is 1.22 bits per heavy atom. The van der Waals surface area contributed by atoms with Crippen LogP contribution in [0.15, 0.2) is 36.4 Å².